The summed E-state index contributed by atoms with van der Waals surface area (Å²) in [5, 5.41) is 7.78. The normalized spacial score (nSPS) is 13.9. The Morgan fingerprint density at radius 3 is 2.36 bits per heavy atom. The minimum atomic E-state index is -0.220. The smallest absolute Gasteiger partial charge is 0.245 e. The lowest BCUT2D eigenvalue weighted by molar-refractivity contribution is -0.140. The van der Waals surface area contributed by atoms with Gasteiger partial charge in [0.25, 0.3) is 0 Å². The van der Waals surface area contributed by atoms with E-state index in [4.69, 9.17) is 5.10 Å². The van der Waals surface area contributed by atoms with Crippen molar-refractivity contribution in [3.8, 4) is 16.9 Å². The molecule has 2 amide bonds. The fraction of sp³-hybridized carbons (Fsp3) is 0.370. The van der Waals surface area contributed by atoms with Crippen LogP contribution >= 0.6 is 0 Å². The Bertz CT molecular complexity index is 1100. The molecule has 1 N–H and O–H groups in total. The second-order valence-electron chi connectivity index (χ2n) is 9.12. The molecule has 0 atom stereocenters. The van der Waals surface area contributed by atoms with Crippen molar-refractivity contribution in [2.24, 2.45) is 5.92 Å². The number of amides is 2. The standard InChI is InChI=1S/C27H32N4O2/c1-19(2)30(27(33)22-11-7-8-12-22)18-26(32)28-25-17-24(21-9-5-4-6-10-21)29-31(25)23-15-13-20(3)14-16-23/h4-6,9-10,13-17,19,22H,7-8,11-12,18H2,1-3H3,(H,28,32). The summed E-state index contributed by atoms with van der Waals surface area (Å²) in [6, 6.07) is 19.7. The maximum Gasteiger partial charge on any atom is 0.245 e. The number of hydrogen-bond acceptors (Lipinski definition) is 3. The van der Waals surface area contributed by atoms with Crippen molar-refractivity contribution in [3.05, 3.63) is 66.2 Å². The third kappa shape index (κ3) is 5.33. The number of carbonyl (C=O) groups is 2. The Morgan fingerprint density at radius 2 is 1.73 bits per heavy atom. The van der Waals surface area contributed by atoms with Crippen LogP contribution in [0.3, 0.4) is 0 Å². The molecule has 1 saturated carbocycles. The van der Waals surface area contributed by atoms with E-state index < -0.39 is 0 Å². The van der Waals surface area contributed by atoms with Gasteiger partial charge in [0.15, 0.2) is 0 Å². The lowest BCUT2D eigenvalue weighted by Crippen LogP contribution is -2.45. The summed E-state index contributed by atoms with van der Waals surface area (Å²) >= 11 is 0. The Balaban J connectivity index is 1.59. The van der Waals surface area contributed by atoms with Crippen molar-refractivity contribution in [1.82, 2.24) is 14.7 Å². The highest BCUT2D eigenvalue weighted by Crippen LogP contribution is 2.28. The van der Waals surface area contributed by atoms with Crippen LogP contribution in [0.1, 0.15) is 45.1 Å². The molecule has 6 nitrogen and oxygen atoms in total. The van der Waals surface area contributed by atoms with Crippen molar-refractivity contribution in [3.63, 3.8) is 0 Å². The number of aryl methyl sites for hydroxylation is 1. The topological polar surface area (TPSA) is 67.2 Å². The summed E-state index contributed by atoms with van der Waals surface area (Å²) < 4.78 is 1.75. The quantitative estimate of drug-likeness (QED) is 0.544. The number of rotatable bonds is 7. The van der Waals surface area contributed by atoms with Crippen molar-refractivity contribution < 1.29 is 9.59 Å². The number of carbonyl (C=O) groups excluding carboxylic acids is 2. The van der Waals surface area contributed by atoms with Gasteiger partial charge in [-0.15, -0.1) is 0 Å². The molecule has 0 bridgehead atoms. The molecule has 1 aromatic heterocycles. The lowest BCUT2D eigenvalue weighted by Gasteiger charge is -2.28. The lowest BCUT2D eigenvalue weighted by atomic mass is 10.1. The first kappa shape index (κ1) is 22.8. The van der Waals surface area contributed by atoms with Crippen molar-refractivity contribution >= 4 is 17.6 Å². The summed E-state index contributed by atoms with van der Waals surface area (Å²) in [6.45, 7) is 5.99. The van der Waals surface area contributed by atoms with Crippen LogP contribution in [0.2, 0.25) is 0 Å². The summed E-state index contributed by atoms with van der Waals surface area (Å²) in [7, 11) is 0. The minimum Gasteiger partial charge on any atom is -0.331 e. The van der Waals surface area contributed by atoms with Crippen molar-refractivity contribution in [1.29, 1.82) is 0 Å². The summed E-state index contributed by atoms with van der Waals surface area (Å²) in [5.74, 6) is 0.500. The fourth-order valence-corrected chi connectivity index (χ4v) is 4.36. The number of benzene rings is 2. The zero-order chi connectivity index (χ0) is 23.4. The molecule has 33 heavy (non-hydrogen) atoms. The SMILES string of the molecule is Cc1ccc(-n2nc(-c3ccccc3)cc2NC(=O)CN(C(=O)C2CCCC2)C(C)C)cc1. The van der Waals surface area contributed by atoms with Gasteiger partial charge < -0.3 is 10.2 Å². The molecule has 2 aromatic carbocycles. The van der Waals surface area contributed by atoms with E-state index in [1.807, 2.05) is 81.4 Å². The number of nitrogens with zero attached hydrogens (tertiary/aromatic N) is 3. The molecule has 172 valence electrons. The van der Waals surface area contributed by atoms with E-state index in [9.17, 15) is 9.59 Å². The molecule has 4 rings (SSSR count). The van der Waals surface area contributed by atoms with E-state index in [0.717, 1.165) is 48.2 Å². The van der Waals surface area contributed by atoms with Gasteiger partial charge in [0.05, 0.1) is 11.4 Å². The Labute approximate surface area is 195 Å². The van der Waals surface area contributed by atoms with Crippen LogP contribution in [0, 0.1) is 12.8 Å². The second-order valence-corrected chi connectivity index (χ2v) is 9.12. The maximum absolute atomic E-state index is 13.1. The van der Waals surface area contributed by atoms with Crippen LogP contribution in [0.5, 0.6) is 0 Å². The first-order valence-corrected chi connectivity index (χ1v) is 11.7. The van der Waals surface area contributed by atoms with Gasteiger partial charge in [-0.05, 0) is 45.7 Å². The number of aromatic nitrogens is 2. The molecule has 3 aromatic rings. The van der Waals surface area contributed by atoms with Gasteiger partial charge in [-0.2, -0.15) is 5.10 Å². The maximum atomic E-state index is 13.1. The average Bonchev–Trinajstić information content (AvgIpc) is 3.49. The molecular formula is C27H32N4O2. The molecule has 0 saturated heterocycles. The number of nitrogens with one attached hydrogen (secondary N) is 1. The molecule has 0 aliphatic heterocycles. The minimum absolute atomic E-state index is 0.0345. The Hall–Kier alpha value is -3.41. The van der Waals surface area contributed by atoms with E-state index in [1.165, 1.54) is 0 Å². The highest BCUT2D eigenvalue weighted by molar-refractivity contribution is 5.95. The van der Waals surface area contributed by atoms with Gasteiger partial charge in [0.2, 0.25) is 11.8 Å². The number of hydrogen-bond donors (Lipinski definition) is 1. The molecule has 1 fully saturated rings. The Kier molecular flexibility index (Phi) is 6.92. The first-order chi connectivity index (χ1) is 15.9. The third-order valence-electron chi connectivity index (χ3n) is 6.25. The number of anilines is 1. The van der Waals surface area contributed by atoms with E-state index in [-0.39, 0.29) is 30.3 Å². The monoisotopic (exact) mass is 444 g/mol. The largest absolute Gasteiger partial charge is 0.331 e. The first-order valence-electron chi connectivity index (χ1n) is 11.7. The molecule has 0 spiro atoms. The molecular weight excluding hydrogens is 412 g/mol. The fourth-order valence-electron chi connectivity index (χ4n) is 4.36. The van der Waals surface area contributed by atoms with Gasteiger partial charge in [0, 0.05) is 23.6 Å². The van der Waals surface area contributed by atoms with E-state index >= 15 is 0 Å². The average molecular weight is 445 g/mol. The van der Waals surface area contributed by atoms with Gasteiger partial charge in [0.1, 0.15) is 12.4 Å². The van der Waals surface area contributed by atoms with Gasteiger partial charge in [-0.25, -0.2) is 4.68 Å². The van der Waals surface area contributed by atoms with Crippen molar-refractivity contribution in [2.45, 2.75) is 52.5 Å². The van der Waals surface area contributed by atoms with Gasteiger partial charge in [-0.1, -0.05) is 60.9 Å². The molecule has 1 heterocycles. The highest BCUT2D eigenvalue weighted by Gasteiger charge is 2.30. The third-order valence-corrected chi connectivity index (χ3v) is 6.25. The van der Waals surface area contributed by atoms with E-state index in [1.54, 1.807) is 9.58 Å². The van der Waals surface area contributed by atoms with Crippen LogP contribution in [0.25, 0.3) is 16.9 Å². The van der Waals surface area contributed by atoms with Crippen LogP contribution in [-0.2, 0) is 9.59 Å². The van der Waals surface area contributed by atoms with Crippen LogP contribution in [0.15, 0.2) is 60.7 Å². The van der Waals surface area contributed by atoms with Crippen LogP contribution in [-0.4, -0.2) is 39.1 Å². The van der Waals surface area contributed by atoms with Crippen molar-refractivity contribution in [2.75, 3.05) is 11.9 Å². The highest BCUT2D eigenvalue weighted by atomic mass is 16.2. The molecule has 6 heteroatoms. The molecule has 1 aliphatic rings. The molecule has 0 unspecified atom stereocenters. The zero-order valence-electron chi connectivity index (χ0n) is 19.6. The summed E-state index contributed by atoms with van der Waals surface area (Å²) in [4.78, 5) is 27.8. The van der Waals surface area contributed by atoms with Gasteiger partial charge in [-0.3, -0.25) is 9.59 Å². The molecule has 0 radical (unpaired) electrons. The van der Waals surface area contributed by atoms with Crippen LogP contribution < -0.4 is 5.32 Å². The van der Waals surface area contributed by atoms with Crippen LogP contribution in [0.4, 0.5) is 5.82 Å². The second kappa shape index (κ2) is 10.0. The summed E-state index contributed by atoms with van der Waals surface area (Å²) in [5.41, 5.74) is 3.76. The van der Waals surface area contributed by atoms with E-state index in [2.05, 4.69) is 5.32 Å². The molecule has 1 aliphatic carbocycles. The van der Waals surface area contributed by atoms with Gasteiger partial charge >= 0.3 is 0 Å². The predicted molar refractivity (Wildman–Crippen MR) is 131 cm³/mol. The Morgan fingerprint density at radius 1 is 1.06 bits per heavy atom. The predicted octanol–water partition coefficient (Wildman–Crippen LogP) is 5.21. The van der Waals surface area contributed by atoms with E-state index in [0.29, 0.717) is 5.82 Å². The zero-order valence-corrected chi connectivity index (χ0v) is 19.6. The summed E-state index contributed by atoms with van der Waals surface area (Å²) in [6.07, 6.45) is 4.02.